The van der Waals surface area contributed by atoms with E-state index in [4.69, 9.17) is 10.1 Å². The predicted octanol–water partition coefficient (Wildman–Crippen LogP) is 2.84. The fraction of sp³-hybridized carbons (Fsp3) is 0.545. The number of hydrogen-bond donors (Lipinski definition) is 4. The molecule has 2 heterocycles. The Labute approximate surface area is 177 Å². The molecule has 0 saturated heterocycles. The summed E-state index contributed by atoms with van der Waals surface area (Å²) in [5, 5.41) is 25.1. The Bertz CT molecular complexity index is 815. The van der Waals surface area contributed by atoms with E-state index < -0.39 is 0 Å². The fourth-order valence-corrected chi connectivity index (χ4v) is 3.30. The van der Waals surface area contributed by atoms with Gasteiger partial charge in [-0.25, -0.2) is 9.98 Å². The number of rotatable bonds is 10. The number of aromatic nitrogens is 3. The zero-order valence-electron chi connectivity index (χ0n) is 17.6. The molecule has 1 saturated carbocycles. The van der Waals surface area contributed by atoms with Gasteiger partial charge in [-0.3, -0.25) is 4.98 Å². The average Bonchev–Trinajstić information content (AvgIpc) is 2.77. The zero-order valence-corrected chi connectivity index (χ0v) is 17.6. The van der Waals surface area contributed by atoms with Gasteiger partial charge in [0.05, 0.1) is 24.0 Å². The van der Waals surface area contributed by atoms with Crippen LogP contribution in [0.2, 0.25) is 0 Å². The van der Waals surface area contributed by atoms with Crippen molar-refractivity contribution in [3.63, 3.8) is 0 Å². The molecule has 0 unspecified atom stereocenters. The van der Waals surface area contributed by atoms with Crippen LogP contribution in [0.4, 0.5) is 11.8 Å². The van der Waals surface area contributed by atoms with Crippen LogP contribution in [0.15, 0.2) is 29.5 Å². The summed E-state index contributed by atoms with van der Waals surface area (Å²) >= 11 is 0. The van der Waals surface area contributed by atoms with Gasteiger partial charge in [0.2, 0.25) is 5.95 Å². The summed E-state index contributed by atoms with van der Waals surface area (Å²) < 4.78 is 0. The van der Waals surface area contributed by atoms with Gasteiger partial charge in [0.25, 0.3) is 0 Å². The molecule has 3 rings (SSSR count). The normalized spacial score (nSPS) is 16.5. The lowest BCUT2D eigenvalue weighted by Gasteiger charge is -2.18. The van der Waals surface area contributed by atoms with E-state index in [0.717, 1.165) is 67.6 Å². The van der Waals surface area contributed by atoms with Crippen LogP contribution < -0.4 is 10.6 Å². The van der Waals surface area contributed by atoms with E-state index in [0.29, 0.717) is 24.9 Å². The second kappa shape index (κ2) is 11.7. The second-order valence-electron chi connectivity index (χ2n) is 7.57. The molecule has 1 fully saturated rings. The fourth-order valence-electron chi connectivity index (χ4n) is 3.30. The van der Waals surface area contributed by atoms with Crippen LogP contribution >= 0.6 is 0 Å². The van der Waals surface area contributed by atoms with Crippen LogP contribution in [0, 0.1) is 0 Å². The van der Waals surface area contributed by atoms with Gasteiger partial charge in [0.15, 0.2) is 5.82 Å². The van der Waals surface area contributed by atoms with E-state index in [2.05, 4.69) is 32.5 Å². The number of aliphatic hydroxyl groups excluding tert-OH is 2. The Morgan fingerprint density at radius 3 is 2.67 bits per heavy atom. The Hall–Kier alpha value is -2.42. The first-order valence-corrected chi connectivity index (χ1v) is 10.8. The van der Waals surface area contributed by atoms with Crippen molar-refractivity contribution in [2.75, 3.05) is 25.0 Å². The first-order valence-electron chi connectivity index (χ1n) is 10.8. The maximum atomic E-state index is 9.77. The average molecular weight is 413 g/mol. The van der Waals surface area contributed by atoms with Crippen molar-refractivity contribution in [2.45, 2.75) is 58.1 Å². The van der Waals surface area contributed by atoms with Gasteiger partial charge < -0.3 is 20.8 Å². The van der Waals surface area contributed by atoms with Crippen molar-refractivity contribution in [3.05, 3.63) is 30.1 Å². The van der Waals surface area contributed by atoms with E-state index in [1.165, 1.54) is 0 Å². The van der Waals surface area contributed by atoms with Gasteiger partial charge in [-0.2, -0.15) is 4.98 Å². The zero-order chi connectivity index (χ0) is 21.2. The van der Waals surface area contributed by atoms with Crippen molar-refractivity contribution < 1.29 is 10.2 Å². The van der Waals surface area contributed by atoms with Crippen LogP contribution in [0.5, 0.6) is 0 Å². The molecule has 0 atom stereocenters. The van der Waals surface area contributed by atoms with Crippen LogP contribution in [-0.2, 0) is 6.54 Å². The summed E-state index contributed by atoms with van der Waals surface area (Å²) in [4.78, 5) is 18.6. The number of pyridine rings is 1. The highest BCUT2D eigenvalue weighted by Crippen LogP contribution is 2.29. The Kier molecular flexibility index (Phi) is 8.67. The lowest BCUT2D eigenvalue weighted by atomic mass is 9.96. The van der Waals surface area contributed by atoms with Gasteiger partial charge in [0, 0.05) is 37.7 Å². The third kappa shape index (κ3) is 6.55. The maximum absolute atomic E-state index is 9.77. The van der Waals surface area contributed by atoms with Gasteiger partial charge in [0.1, 0.15) is 0 Å². The number of unbranched alkanes of at least 4 members (excludes halogenated alkanes) is 1. The monoisotopic (exact) mass is 412 g/mol. The number of nitrogens with one attached hydrogen (secondary N) is 2. The minimum absolute atomic E-state index is 0.113. The molecule has 2 aromatic heterocycles. The molecule has 162 valence electrons. The predicted molar refractivity (Wildman–Crippen MR) is 119 cm³/mol. The smallest absolute Gasteiger partial charge is 0.224 e. The van der Waals surface area contributed by atoms with Gasteiger partial charge in [-0.15, -0.1) is 0 Å². The Balaban J connectivity index is 1.83. The van der Waals surface area contributed by atoms with E-state index >= 15 is 0 Å². The van der Waals surface area contributed by atoms with E-state index in [1.54, 1.807) is 6.20 Å². The Morgan fingerprint density at radius 2 is 1.97 bits per heavy atom. The summed E-state index contributed by atoms with van der Waals surface area (Å²) in [6.07, 6.45) is 8.59. The van der Waals surface area contributed by atoms with E-state index in [-0.39, 0.29) is 12.7 Å². The topological polar surface area (TPSA) is 116 Å². The quantitative estimate of drug-likeness (QED) is 0.444. The maximum Gasteiger partial charge on any atom is 0.224 e. The van der Waals surface area contributed by atoms with Crippen molar-refractivity contribution in [3.8, 4) is 11.3 Å². The molecule has 4 N–H and O–H groups in total. The lowest BCUT2D eigenvalue weighted by molar-refractivity contribution is 0.152. The molecular formula is C22H32N6O2. The highest BCUT2D eigenvalue weighted by Gasteiger charge is 2.17. The van der Waals surface area contributed by atoms with E-state index in [1.807, 2.05) is 18.3 Å². The van der Waals surface area contributed by atoms with Crippen LogP contribution in [0.1, 0.15) is 51.0 Å². The molecule has 8 nitrogen and oxygen atoms in total. The number of aliphatic imine (C=N–C) groups is 1. The van der Waals surface area contributed by atoms with Crippen LogP contribution in [0.3, 0.4) is 0 Å². The summed E-state index contributed by atoms with van der Waals surface area (Å²) in [6, 6.07) is 3.96. The summed E-state index contributed by atoms with van der Waals surface area (Å²) in [5.41, 5.74) is 3.67. The Morgan fingerprint density at radius 1 is 1.13 bits per heavy atom. The van der Waals surface area contributed by atoms with Crippen LogP contribution in [-0.4, -0.2) is 56.7 Å². The molecule has 0 amide bonds. The van der Waals surface area contributed by atoms with Crippen molar-refractivity contribution in [1.29, 1.82) is 0 Å². The molecule has 1 aliphatic carbocycles. The van der Waals surface area contributed by atoms with Crippen molar-refractivity contribution >= 4 is 17.5 Å². The summed E-state index contributed by atoms with van der Waals surface area (Å²) in [6.45, 7) is 4.30. The third-order valence-corrected chi connectivity index (χ3v) is 5.10. The summed E-state index contributed by atoms with van der Waals surface area (Å²) in [5.74, 6) is 1.20. The van der Waals surface area contributed by atoms with Gasteiger partial charge >= 0.3 is 0 Å². The highest BCUT2D eigenvalue weighted by molar-refractivity contribution is 5.89. The second-order valence-corrected chi connectivity index (χ2v) is 7.57. The summed E-state index contributed by atoms with van der Waals surface area (Å²) in [7, 11) is 0. The molecule has 8 heteroatoms. The van der Waals surface area contributed by atoms with Gasteiger partial charge in [-0.05, 0) is 43.7 Å². The molecule has 0 aliphatic heterocycles. The molecule has 30 heavy (non-hydrogen) atoms. The third-order valence-electron chi connectivity index (χ3n) is 5.10. The number of anilines is 1. The first-order chi connectivity index (χ1) is 14.7. The SMILES string of the molecule is CCCCNc1ncc(-c2ccc(CNCCO)cn2)c(N=C2CCC(O)CC2)n1. The molecule has 0 aromatic carbocycles. The molecule has 0 radical (unpaired) electrons. The number of nitrogens with zero attached hydrogens (tertiary/aromatic N) is 4. The number of hydrogen-bond acceptors (Lipinski definition) is 8. The standard InChI is InChI=1S/C22H32N6O2/c1-2-3-10-24-22-26-15-19(20-9-4-16(14-25-20)13-23-11-12-29)21(28-22)27-17-5-7-18(30)8-6-17/h4,9,14-15,18,23,29-30H,2-3,5-8,10-13H2,1H3,(H,24,26,28). The minimum Gasteiger partial charge on any atom is -0.395 e. The largest absolute Gasteiger partial charge is 0.395 e. The van der Waals surface area contributed by atoms with Crippen molar-refractivity contribution in [2.24, 2.45) is 4.99 Å². The van der Waals surface area contributed by atoms with E-state index in [9.17, 15) is 5.11 Å². The molecular weight excluding hydrogens is 380 g/mol. The molecule has 2 aromatic rings. The van der Waals surface area contributed by atoms with Gasteiger partial charge in [-0.1, -0.05) is 19.4 Å². The number of aliphatic hydroxyl groups is 2. The first kappa shape index (κ1) is 22.3. The van der Waals surface area contributed by atoms with Crippen LogP contribution in [0.25, 0.3) is 11.3 Å². The van der Waals surface area contributed by atoms with Crippen molar-refractivity contribution in [1.82, 2.24) is 20.3 Å². The molecule has 1 aliphatic rings. The highest BCUT2D eigenvalue weighted by atomic mass is 16.3. The minimum atomic E-state index is -0.228. The lowest BCUT2D eigenvalue weighted by Crippen LogP contribution is -2.18. The molecule has 0 bridgehead atoms. The molecule has 0 spiro atoms.